The molecule has 0 saturated heterocycles. The second-order valence-electron chi connectivity index (χ2n) is 5.79. The average Bonchev–Trinajstić information content (AvgIpc) is 2.46. The molecule has 2 N–H and O–H groups in total. The van der Waals surface area contributed by atoms with E-state index < -0.39 is 5.54 Å². The molecule has 20 heavy (non-hydrogen) atoms. The van der Waals surface area contributed by atoms with Crippen molar-refractivity contribution in [2.24, 2.45) is 5.92 Å². The van der Waals surface area contributed by atoms with Gasteiger partial charge < -0.3 is 15.2 Å². The summed E-state index contributed by atoms with van der Waals surface area (Å²) in [6.45, 7) is 2.14. The summed E-state index contributed by atoms with van der Waals surface area (Å²) in [4.78, 5) is 12.0. The normalized spacial score (nSPS) is 26.0. The number of carbonyl (C=O) groups is 1. The molecule has 0 heterocycles. The maximum Gasteiger partial charge on any atom is 0.258 e. The summed E-state index contributed by atoms with van der Waals surface area (Å²) in [5, 5.41) is 12.6. The molecule has 0 bridgehead atoms. The van der Waals surface area contributed by atoms with Crippen LogP contribution in [0.1, 0.15) is 32.6 Å². The van der Waals surface area contributed by atoms with Gasteiger partial charge >= 0.3 is 0 Å². The summed E-state index contributed by atoms with van der Waals surface area (Å²) in [7, 11) is 0. The van der Waals surface area contributed by atoms with Crippen molar-refractivity contribution < 1.29 is 14.6 Å². The fourth-order valence-corrected chi connectivity index (χ4v) is 2.95. The number of nitrogens with one attached hydrogen (secondary N) is 1. The highest BCUT2D eigenvalue weighted by Gasteiger charge is 2.35. The Bertz CT molecular complexity index is 435. The van der Waals surface area contributed by atoms with E-state index >= 15 is 0 Å². The van der Waals surface area contributed by atoms with Crippen molar-refractivity contribution in [3.05, 3.63) is 30.3 Å². The first-order valence-corrected chi connectivity index (χ1v) is 7.23. The Morgan fingerprint density at radius 1 is 1.45 bits per heavy atom. The van der Waals surface area contributed by atoms with E-state index in [1.54, 1.807) is 0 Å². The van der Waals surface area contributed by atoms with Gasteiger partial charge in [-0.15, -0.1) is 0 Å². The Hall–Kier alpha value is -1.55. The maximum absolute atomic E-state index is 12.0. The third-order valence-electron chi connectivity index (χ3n) is 3.91. The zero-order valence-corrected chi connectivity index (χ0v) is 12.0. The molecule has 2 rings (SSSR count). The predicted molar refractivity (Wildman–Crippen MR) is 77.5 cm³/mol. The zero-order valence-electron chi connectivity index (χ0n) is 12.0. The molecule has 1 aliphatic rings. The van der Waals surface area contributed by atoms with Crippen molar-refractivity contribution in [2.45, 2.75) is 38.1 Å². The molecule has 4 nitrogen and oxygen atoms in total. The van der Waals surface area contributed by atoms with Crippen molar-refractivity contribution >= 4 is 5.91 Å². The highest BCUT2D eigenvalue weighted by molar-refractivity contribution is 5.78. The predicted octanol–water partition coefficient (Wildman–Crippen LogP) is 2.12. The number of aliphatic hydroxyl groups excluding tert-OH is 1. The van der Waals surface area contributed by atoms with Crippen molar-refractivity contribution in [3.63, 3.8) is 0 Å². The Morgan fingerprint density at radius 3 is 2.85 bits per heavy atom. The minimum absolute atomic E-state index is 0.00554. The van der Waals surface area contributed by atoms with Gasteiger partial charge in [-0.2, -0.15) is 0 Å². The number of aliphatic hydroxyl groups is 1. The van der Waals surface area contributed by atoms with Gasteiger partial charge in [0.1, 0.15) is 5.75 Å². The molecule has 1 fully saturated rings. The van der Waals surface area contributed by atoms with E-state index in [0.717, 1.165) is 25.7 Å². The molecule has 0 radical (unpaired) electrons. The van der Waals surface area contributed by atoms with Crippen LogP contribution in [0.15, 0.2) is 30.3 Å². The number of hydrogen-bond acceptors (Lipinski definition) is 3. The van der Waals surface area contributed by atoms with E-state index in [9.17, 15) is 9.90 Å². The SMILES string of the molecule is CC1CCCC(CO)(NC(=O)COc2ccccc2)C1. The van der Waals surface area contributed by atoms with Crippen LogP contribution in [-0.4, -0.2) is 29.8 Å². The van der Waals surface area contributed by atoms with Gasteiger partial charge in [-0.3, -0.25) is 4.79 Å². The van der Waals surface area contributed by atoms with Crippen molar-refractivity contribution in [3.8, 4) is 5.75 Å². The highest BCUT2D eigenvalue weighted by atomic mass is 16.5. The molecule has 1 aliphatic carbocycles. The first-order valence-electron chi connectivity index (χ1n) is 7.23. The van der Waals surface area contributed by atoms with E-state index in [2.05, 4.69) is 12.2 Å². The second-order valence-corrected chi connectivity index (χ2v) is 5.79. The smallest absolute Gasteiger partial charge is 0.258 e. The van der Waals surface area contributed by atoms with Gasteiger partial charge in [-0.1, -0.05) is 38.0 Å². The van der Waals surface area contributed by atoms with E-state index in [1.807, 2.05) is 30.3 Å². The number of ether oxygens (including phenoxy) is 1. The van der Waals surface area contributed by atoms with Crippen LogP contribution in [0.4, 0.5) is 0 Å². The quantitative estimate of drug-likeness (QED) is 0.866. The average molecular weight is 277 g/mol. The molecular weight excluding hydrogens is 254 g/mol. The lowest BCUT2D eigenvalue weighted by atomic mass is 9.77. The molecule has 0 aromatic heterocycles. The number of para-hydroxylation sites is 1. The summed E-state index contributed by atoms with van der Waals surface area (Å²) >= 11 is 0. The van der Waals surface area contributed by atoms with Crippen LogP contribution < -0.4 is 10.1 Å². The molecule has 2 unspecified atom stereocenters. The summed E-state index contributed by atoms with van der Waals surface area (Å²) < 4.78 is 5.43. The second kappa shape index (κ2) is 6.75. The highest BCUT2D eigenvalue weighted by Crippen LogP contribution is 2.31. The Balaban J connectivity index is 1.86. The largest absolute Gasteiger partial charge is 0.484 e. The summed E-state index contributed by atoms with van der Waals surface area (Å²) in [6, 6.07) is 9.27. The fourth-order valence-electron chi connectivity index (χ4n) is 2.95. The standard InChI is InChI=1S/C16H23NO3/c1-13-6-5-9-16(10-13,12-18)17-15(19)11-20-14-7-3-2-4-8-14/h2-4,7-8,13,18H,5-6,9-12H2,1H3,(H,17,19). The van der Waals surface area contributed by atoms with Gasteiger partial charge in [0.2, 0.25) is 0 Å². The van der Waals surface area contributed by atoms with E-state index in [0.29, 0.717) is 11.7 Å². The van der Waals surface area contributed by atoms with E-state index in [1.165, 1.54) is 0 Å². The Morgan fingerprint density at radius 2 is 2.20 bits per heavy atom. The molecule has 0 aliphatic heterocycles. The topological polar surface area (TPSA) is 58.6 Å². The van der Waals surface area contributed by atoms with Crippen LogP contribution in [0.5, 0.6) is 5.75 Å². The van der Waals surface area contributed by atoms with Crippen LogP contribution in [0, 0.1) is 5.92 Å². The third-order valence-corrected chi connectivity index (χ3v) is 3.91. The fraction of sp³-hybridized carbons (Fsp3) is 0.562. The van der Waals surface area contributed by atoms with Crippen LogP contribution in [0.2, 0.25) is 0 Å². The van der Waals surface area contributed by atoms with Gasteiger partial charge in [0, 0.05) is 0 Å². The lowest BCUT2D eigenvalue weighted by Crippen LogP contribution is -2.55. The Labute approximate surface area is 120 Å². The molecule has 0 spiro atoms. The summed E-state index contributed by atoms with van der Waals surface area (Å²) in [5.41, 5.74) is -0.463. The number of hydrogen-bond donors (Lipinski definition) is 2. The van der Waals surface area contributed by atoms with Gasteiger partial charge in [-0.25, -0.2) is 0 Å². The third kappa shape index (κ3) is 3.97. The van der Waals surface area contributed by atoms with Crippen LogP contribution in [0.25, 0.3) is 0 Å². The van der Waals surface area contributed by atoms with E-state index in [-0.39, 0.29) is 19.1 Å². The van der Waals surface area contributed by atoms with Crippen molar-refractivity contribution in [2.75, 3.05) is 13.2 Å². The minimum Gasteiger partial charge on any atom is -0.484 e. The molecule has 2 atom stereocenters. The number of benzene rings is 1. The minimum atomic E-state index is -0.463. The van der Waals surface area contributed by atoms with Crippen molar-refractivity contribution in [1.82, 2.24) is 5.32 Å². The molecule has 4 heteroatoms. The van der Waals surface area contributed by atoms with Gasteiger partial charge in [-0.05, 0) is 30.9 Å². The van der Waals surface area contributed by atoms with Gasteiger partial charge in [0.05, 0.1) is 12.1 Å². The molecule has 1 aromatic carbocycles. The first kappa shape index (κ1) is 14.9. The van der Waals surface area contributed by atoms with Crippen LogP contribution in [0.3, 0.4) is 0 Å². The number of carbonyl (C=O) groups excluding carboxylic acids is 1. The molecule has 1 amide bonds. The summed E-state index contributed by atoms with van der Waals surface area (Å²) in [6.07, 6.45) is 3.88. The number of amides is 1. The Kier molecular flexibility index (Phi) is 5.01. The van der Waals surface area contributed by atoms with Crippen LogP contribution in [-0.2, 0) is 4.79 Å². The molecule has 1 aromatic rings. The molecule has 110 valence electrons. The monoisotopic (exact) mass is 277 g/mol. The molecule has 1 saturated carbocycles. The van der Waals surface area contributed by atoms with Crippen molar-refractivity contribution in [1.29, 1.82) is 0 Å². The van der Waals surface area contributed by atoms with Gasteiger partial charge in [0.15, 0.2) is 6.61 Å². The lowest BCUT2D eigenvalue weighted by molar-refractivity contribution is -0.126. The molecular formula is C16H23NO3. The number of rotatable bonds is 5. The van der Waals surface area contributed by atoms with E-state index in [4.69, 9.17) is 4.74 Å². The maximum atomic E-state index is 12.0. The van der Waals surface area contributed by atoms with Gasteiger partial charge in [0.25, 0.3) is 5.91 Å². The summed E-state index contributed by atoms with van der Waals surface area (Å²) in [5.74, 6) is 1.04. The first-order chi connectivity index (χ1) is 9.63. The zero-order chi connectivity index (χ0) is 14.4. The van der Waals surface area contributed by atoms with Crippen LogP contribution >= 0.6 is 0 Å². The lowest BCUT2D eigenvalue weighted by Gasteiger charge is -2.39.